The number of rotatable bonds is 8. The summed E-state index contributed by atoms with van der Waals surface area (Å²) in [5.41, 5.74) is 1.18. The number of carbonyl (C=O) groups is 3. The summed E-state index contributed by atoms with van der Waals surface area (Å²) >= 11 is 0. The van der Waals surface area contributed by atoms with Crippen LogP contribution in [0, 0.1) is 5.92 Å². The number of nitrogens with zero attached hydrogens (tertiary/aromatic N) is 2. The summed E-state index contributed by atoms with van der Waals surface area (Å²) < 4.78 is 0. The number of ketones is 2. The number of Topliss-reactive ketones (excluding diaryl/α,β-unsaturated/α-hetero) is 2. The van der Waals surface area contributed by atoms with Gasteiger partial charge in [0.05, 0.1) is 6.04 Å². The summed E-state index contributed by atoms with van der Waals surface area (Å²) in [5, 5.41) is 0. The van der Waals surface area contributed by atoms with E-state index in [1.807, 2.05) is 18.3 Å². The van der Waals surface area contributed by atoms with E-state index in [-0.39, 0.29) is 23.5 Å². The lowest BCUT2D eigenvalue weighted by molar-refractivity contribution is -0.148. The molecule has 1 saturated heterocycles. The van der Waals surface area contributed by atoms with Crippen LogP contribution in [0.25, 0.3) is 0 Å². The Balaban J connectivity index is 1.46. The van der Waals surface area contributed by atoms with Crippen molar-refractivity contribution in [1.82, 2.24) is 9.88 Å². The molecule has 0 aromatic carbocycles. The molecule has 1 aliphatic carbocycles. The van der Waals surface area contributed by atoms with Crippen molar-refractivity contribution in [2.45, 2.75) is 70.3 Å². The molecule has 2 heterocycles. The van der Waals surface area contributed by atoms with Crippen molar-refractivity contribution in [2.24, 2.45) is 5.92 Å². The Bertz CT molecular complexity index is 638. The van der Waals surface area contributed by atoms with Gasteiger partial charge in [-0.1, -0.05) is 18.9 Å². The SMILES string of the molecule is O=C(C(=O)N1CCCC1C(=O)CCCCc1cccnc1)C1CCCC1. The lowest BCUT2D eigenvalue weighted by Crippen LogP contribution is -2.45. The van der Waals surface area contributed by atoms with Gasteiger partial charge in [0.15, 0.2) is 5.78 Å². The Morgan fingerprint density at radius 3 is 2.62 bits per heavy atom. The van der Waals surface area contributed by atoms with Gasteiger partial charge in [0.25, 0.3) is 5.91 Å². The first-order valence-corrected chi connectivity index (χ1v) is 9.93. The first-order chi connectivity index (χ1) is 12.7. The van der Waals surface area contributed by atoms with Crippen LogP contribution in [0.4, 0.5) is 0 Å². The number of aromatic nitrogens is 1. The zero-order valence-corrected chi connectivity index (χ0v) is 15.4. The molecule has 1 aromatic rings. The smallest absolute Gasteiger partial charge is 0.290 e. The van der Waals surface area contributed by atoms with E-state index in [1.165, 1.54) is 5.56 Å². The third kappa shape index (κ3) is 4.57. The van der Waals surface area contributed by atoms with Crippen molar-refractivity contribution in [3.8, 4) is 0 Å². The van der Waals surface area contributed by atoms with Crippen LogP contribution in [-0.4, -0.2) is 39.9 Å². The molecule has 0 spiro atoms. The zero-order valence-electron chi connectivity index (χ0n) is 15.4. The van der Waals surface area contributed by atoms with Crippen molar-refractivity contribution in [3.05, 3.63) is 30.1 Å². The number of carbonyl (C=O) groups excluding carboxylic acids is 3. The zero-order chi connectivity index (χ0) is 18.4. The standard InChI is InChI=1S/C21H28N2O3/c24-19(12-4-1-7-16-8-5-13-22-15-16)18-11-6-14-23(18)21(26)20(25)17-9-2-3-10-17/h5,8,13,15,17-18H,1-4,6-7,9-12,14H2. The second-order valence-electron chi connectivity index (χ2n) is 7.54. The molecule has 140 valence electrons. The molecule has 2 aliphatic rings. The maximum Gasteiger partial charge on any atom is 0.290 e. The quantitative estimate of drug-likeness (QED) is 0.530. The van der Waals surface area contributed by atoms with E-state index in [2.05, 4.69) is 4.98 Å². The summed E-state index contributed by atoms with van der Waals surface area (Å²) in [4.78, 5) is 43.2. The van der Waals surface area contributed by atoms with Crippen LogP contribution in [0.5, 0.6) is 0 Å². The monoisotopic (exact) mass is 356 g/mol. The van der Waals surface area contributed by atoms with Crippen molar-refractivity contribution in [2.75, 3.05) is 6.54 Å². The largest absolute Gasteiger partial charge is 0.326 e. The molecule has 26 heavy (non-hydrogen) atoms. The number of hydrogen-bond acceptors (Lipinski definition) is 4. The topological polar surface area (TPSA) is 67.3 Å². The second-order valence-corrected chi connectivity index (χ2v) is 7.54. The van der Waals surface area contributed by atoms with Gasteiger partial charge in [-0.05, 0) is 56.6 Å². The molecule has 0 bridgehead atoms. The third-order valence-corrected chi connectivity index (χ3v) is 5.68. The van der Waals surface area contributed by atoms with Crippen LogP contribution in [0.3, 0.4) is 0 Å². The van der Waals surface area contributed by atoms with Crippen LogP contribution >= 0.6 is 0 Å². The average Bonchev–Trinajstić information content (AvgIpc) is 3.36. The van der Waals surface area contributed by atoms with Crippen LogP contribution in [0.2, 0.25) is 0 Å². The Morgan fingerprint density at radius 2 is 1.88 bits per heavy atom. The molecular formula is C21H28N2O3. The van der Waals surface area contributed by atoms with Crippen molar-refractivity contribution in [1.29, 1.82) is 0 Å². The molecule has 1 amide bonds. The first kappa shape index (κ1) is 18.7. The fraction of sp³-hybridized carbons (Fsp3) is 0.619. The molecule has 0 radical (unpaired) electrons. The van der Waals surface area contributed by atoms with Crippen LogP contribution in [0.1, 0.15) is 63.4 Å². The van der Waals surface area contributed by atoms with Gasteiger partial charge in [-0.15, -0.1) is 0 Å². The molecule has 1 aromatic heterocycles. The highest BCUT2D eigenvalue weighted by molar-refractivity contribution is 6.37. The number of unbranched alkanes of at least 4 members (excludes halogenated alkanes) is 1. The van der Waals surface area contributed by atoms with Crippen molar-refractivity contribution in [3.63, 3.8) is 0 Å². The number of amides is 1. The average molecular weight is 356 g/mol. The number of hydrogen-bond donors (Lipinski definition) is 0. The predicted octanol–water partition coefficient (Wildman–Crippen LogP) is 3.11. The van der Waals surface area contributed by atoms with Gasteiger partial charge in [0, 0.05) is 31.3 Å². The van der Waals surface area contributed by atoms with Crippen LogP contribution in [0.15, 0.2) is 24.5 Å². The van der Waals surface area contributed by atoms with E-state index in [9.17, 15) is 14.4 Å². The van der Waals surface area contributed by atoms with Crippen molar-refractivity contribution < 1.29 is 14.4 Å². The maximum atomic E-state index is 12.6. The highest BCUT2D eigenvalue weighted by Gasteiger charge is 2.38. The highest BCUT2D eigenvalue weighted by atomic mass is 16.2. The van der Waals surface area contributed by atoms with Crippen molar-refractivity contribution >= 4 is 17.5 Å². The molecular weight excluding hydrogens is 328 g/mol. The van der Waals surface area contributed by atoms with Gasteiger partial charge < -0.3 is 4.90 Å². The normalized spacial score (nSPS) is 20.5. The predicted molar refractivity (Wildman–Crippen MR) is 98.5 cm³/mol. The Kier molecular flexibility index (Phi) is 6.53. The van der Waals surface area contributed by atoms with Gasteiger partial charge in [0.1, 0.15) is 0 Å². The Morgan fingerprint density at radius 1 is 1.08 bits per heavy atom. The second kappa shape index (κ2) is 9.06. The first-order valence-electron chi connectivity index (χ1n) is 9.93. The summed E-state index contributed by atoms with van der Waals surface area (Å²) in [5.74, 6) is -0.679. The fourth-order valence-corrected chi connectivity index (χ4v) is 4.19. The lowest BCUT2D eigenvalue weighted by atomic mass is 9.99. The molecule has 2 fully saturated rings. The minimum atomic E-state index is -0.414. The third-order valence-electron chi connectivity index (χ3n) is 5.68. The molecule has 0 N–H and O–H groups in total. The van der Waals surface area contributed by atoms with Gasteiger partial charge in [-0.3, -0.25) is 19.4 Å². The number of aryl methyl sites for hydroxylation is 1. The van der Waals surface area contributed by atoms with Gasteiger partial charge >= 0.3 is 0 Å². The van der Waals surface area contributed by atoms with Gasteiger partial charge in [-0.2, -0.15) is 0 Å². The highest BCUT2D eigenvalue weighted by Crippen LogP contribution is 2.28. The minimum absolute atomic E-state index is 0.112. The molecule has 1 unspecified atom stereocenters. The Labute approximate surface area is 155 Å². The number of pyridine rings is 1. The molecule has 5 nitrogen and oxygen atoms in total. The van der Waals surface area contributed by atoms with E-state index in [1.54, 1.807) is 11.1 Å². The summed E-state index contributed by atoms with van der Waals surface area (Å²) in [6.07, 6.45) is 12.0. The van der Waals surface area contributed by atoms with Gasteiger partial charge in [-0.25, -0.2) is 0 Å². The van der Waals surface area contributed by atoms with E-state index in [0.29, 0.717) is 19.4 Å². The summed E-state index contributed by atoms with van der Waals surface area (Å²) in [6.45, 7) is 0.545. The van der Waals surface area contributed by atoms with Crippen LogP contribution in [-0.2, 0) is 20.8 Å². The molecule has 1 saturated carbocycles. The fourth-order valence-electron chi connectivity index (χ4n) is 4.19. The van der Waals surface area contributed by atoms with Gasteiger partial charge in [0.2, 0.25) is 5.78 Å². The molecule has 3 rings (SSSR count). The molecule has 1 atom stereocenters. The Hall–Kier alpha value is -2.04. The minimum Gasteiger partial charge on any atom is -0.326 e. The summed E-state index contributed by atoms with van der Waals surface area (Å²) in [7, 11) is 0. The summed E-state index contributed by atoms with van der Waals surface area (Å²) in [6, 6.07) is 3.58. The maximum absolute atomic E-state index is 12.6. The van der Waals surface area contributed by atoms with E-state index < -0.39 is 5.91 Å². The van der Waals surface area contributed by atoms with Crippen LogP contribution < -0.4 is 0 Å². The van der Waals surface area contributed by atoms with E-state index >= 15 is 0 Å². The number of likely N-dealkylation sites (tertiary alicyclic amines) is 1. The molecule has 1 aliphatic heterocycles. The lowest BCUT2D eigenvalue weighted by Gasteiger charge is -2.24. The molecule has 5 heteroatoms. The van der Waals surface area contributed by atoms with E-state index in [4.69, 9.17) is 0 Å². The van der Waals surface area contributed by atoms with E-state index in [0.717, 1.165) is 51.4 Å².